The molecule has 3 heteroatoms. The Morgan fingerprint density at radius 2 is 2.00 bits per heavy atom. The average molecular weight is 208 g/mol. The van der Waals surface area contributed by atoms with Gasteiger partial charge in [-0.15, -0.1) is 0 Å². The van der Waals surface area contributed by atoms with Crippen LogP contribution in [0.2, 0.25) is 0 Å². The van der Waals surface area contributed by atoms with Crippen LogP contribution in [0, 0.1) is 0 Å². The van der Waals surface area contributed by atoms with Crippen LogP contribution < -0.4 is 0 Å². The van der Waals surface area contributed by atoms with Crippen molar-refractivity contribution in [3.8, 4) is 0 Å². The molecule has 2 nitrogen and oxygen atoms in total. The SMILES string of the molecule is C.C.CCSCC(CC(C)=O)OC. The van der Waals surface area contributed by atoms with E-state index in [0.717, 1.165) is 11.5 Å². The number of carbonyl (C=O) groups is 1. The molecule has 13 heavy (non-hydrogen) atoms. The van der Waals surface area contributed by atoms with Gasteiger partial charge in [0.15, 0.2) is 0 Å². The number of carbonyl (C=O) groups excluding carboxylic acids is 1. The molecule has 0 saturated carbocycles. The normalized spacial score (nSPS) is 11.0. The zero-order chi connectivity index (χ0) is 8.69. The molecule has 0 rings (SSSR count). The summed E-state index contributed by atoms with van der Waals surface area (Å²) in [4.78, 5) is 10.7. The number of ether oxygens (including phenoxy) is 1. The summed E-state index contributed by atoms with van der Waals surface area (Å²) in [6.07, 6.45) is 0.654. The molecule has 0 radical (unpaired) electrons. The van der Waals surface area contributed by atoms with Crippen LogP contribution in [0.5, 0.6) is 0 Å². The summed E-state index contributed by atoms with van der Waals surface area (Å²) in [5, 5.41) is 0. The molecule has 0 saturated heterocycles. The van der Waals surface area contributed by atoms with Crippen LogP contribution in [0.15, 0.2) is 0 Å². The highest BCUT2D eigenvalue weighted by atomic mass is 32.2. The first-order valence-electron chi connectivity index (χ1n) is 3.80. The fourth-order valence-electron chi connectivity index (χ4n) is 0.780. The third-order valence-corrected chi connectivity index (χ3v) is 2.37. The van der Waals surface area contributed by atoms with Gasteiger partial charge < -0.3 is 4.74 Å². The molecule has 0 spiro atoms. The van der Waals surface area contributed by atoms with Gasteiger partial charge in [0.1, 0.15) is 5.78 Å². The molecule has 0 aromatic rings. The second-order valence-electron chi connectivity index (χ2n) is 2.42. The van der Waals surface area contributed by atoms with Crippen LogP contribution in [0.3, 0.4) is 0 Å². The molecule has 0 aliphatic carbocycles. The highest BCUT2D eigenvalue weighted by Crippen LogP contribution is 2.07. The molecule has 0 fully saturated rings. The van der Waals surface area contributed by atoms with Crippen molar-refractivity contribution in [3.63, 3.8) is 0 Å². The zero-order valence-corrected chi connectivity index (χ0v) is 8.24. The van der Waals surface area contributed by atoms with Crippen LogP contribution in [0.25, 0.3) is 0 Å². The number of hydrogen-bond donors (Lipinski definition) is 0. The predicted molar refractivity (Wildman–Crippen MR) is 62.6 cm³/mol. The standard InChI is InChI=1S/C8H16O2S.2CH4/c1-4-11-6-8(10-3)5-7(2)9;;/h8H,4-6H2,1-3H3;2*1H4. The smallest absolute Gasteiger partial charge is 0.132 e. The maximum atomic E-state index is 10.7. The third kappa shape index (κ3) is 12.0. The first-order valence-corrected chi connectivity index (χ1v) is 4.96. The molecule has 0 amide bonds. The zero-order valence-electron chi connectivity index (χ0n) is 7.42. The highest BCUT2D eigenvalue weighted by Gasteiger charge is 2.08. The van der Waals surface area contributed by atoms with E-state index < -0.39 is 0 Å². The summed E-state index contributed by atoms with van der Waals surface area (Å²) in [6, 6.07) is 0. The lowest BCUT2D eigenvalue weighted by Crippen LogP contribution is -2.17. The first-order chi connectivity index (χ1) is 5.20. The molecule has 0 aliphatic heterocycles. The van der Waals surface area contributed by atoms with E-state index in [1.165, 1.54) is 0 Å². The van der Waals surface area contributed by atoms with Crippen molar-refractivity contribution in [3.05, 3.63) is 0 Å². The Balaban J connectivity index is -0.000000500. The van der Waals surface area contributed by atoms with Crippen molar-refractivity contribution < 1.29 is 9.53 Å². The number of ketones is 1. The van der Waals surface area contributed by atoms with E-state index >= 15 is 0 Å². The van der Waals surface area contributed by atoms with E-state index in [1.807, 2.05) is 0 Å². The first kappa shape index (κ1) is 18.7. The minimum atomic E-state index is 0. The highest BCUT2D eigenvalue weighted by molar-refractivity contribution is 7.99. The summed E-state index contributed by atoms with van der Waals surface area (Å²) in [5.74, 6) is 2.21. The van der Waals surface area contributed by atoms with Gasteiger partial charge in [0.25, 0.3) is 0 Å². The topological polar surface area (TPSA) is 26.3 Å². The van der Waals surface area contributed by atoms with Gasteiger partial charge in [0, 0.05) is 19.3 Å². The Hall–Kier alpha value is -0.0200. The fraction of sp³-hybridized carbons (Fsp3) is 0.900. The van der Waals surface area contributed by atoms with Gasteiger partial charge in [-0.3, -0.25) is 4.79 Å². The number of hydrogen-bond acceptors (Lipinski definition) is 3. The Morgan fingerprint density at radius 3 is 2.31 bits per heavy atom. The van der Waals surface area contributed by atoms with E-state index in [1.54, 1.807) is 25.8 Å². The average Bonchev–Trinajstić information content (AvgIpc) is 1.97. The Morgan fingerprint density at radius 1 is 1.46 bits per heavy atom. The molecule has 0 aromatic carbocycles. The van der Waals surface area contributed by atoms with Crippen molar-refractivity contribution in [1.29, 1.82) is 0 Å². The molecule has 82 valence electrons. The van der Waals surface area contributed by atoms with Gasteiger partial charge in [-0.25, -0.2) is 0 Å². The van der Waals surface area contributed by atoms with E-state index in [4.69, 9.17) is 4.74 Å². The van der Waals surface area contributed by atoms with Crippen LogP contribution >= 0.6 is 11.8 Å². The molecule has 0 bridgehead atoms. The molecule has 0 aromatic heterocycles. The minimum Gasteiger partial charge on any atom is -0.380 e. The van der Waals surface area contributed by atoms with Crippen molar-refractivity contribution in [2.75, 3.05) is 18.6 Å². The van der Waals surface area contributed by atoms with Crippen LogP contribution in [-0.2, 0) is 9.53 Å². The number of methoxy groups -OCH3 is 1. The van der Waals surface area contributed by atoms with Crippen molar-refractivity contribution in [1.82, 2.24) is 0 Å². The lowest BCUT2D eigenvalue weighted by Gasteiger charge is -2.11. The van der Waals surface area contributed by atoms with Gasteiger partial charge in [-0.1, -0.05) is 21.8 Å². The van der Waals surface area contributed by atoms with E-state index in [2.05, 4.69) is 6.92 Å². The summed E-state index contributed by atoms with van der Waals surface area (Å²) < 4.78 is 5.12. The number of thioether (sulfide) groups is 1. The minimum absolute atomic E-state index is 0. The van der Waals surface area contributed by atoms with Gasteiger partial charge in [-0.2, -0.15) is 11.8 Å². The number of Topliss-reactive ketones (excluding diaryl/α,β-unsaturated/α-hetero) is 1. The number of rotatable bonds is 6. The predicted octanol–water partition coefficient (Wildman–Crippen LogP) is 3.01. The molecule has 0 N–H and O–H groups in total. The second kappa shape index (κ2) is 12.0. The third-order valence-electron chi connectivity index (χ3n) is 1.36. The Kier molecular flexibility index (Phi) is 17.2. The van der Waals surface area contributed by atoms with Gasteiger partial charge in [0.05, 0.1) is 6.10 Å². The van der Waals surface area contributed by atoms with Crippen molar-refractivity contribution in [2.45, 2.75) is 41.2 Å². The Labute approximate surface area is 87.4 Å². The van der Waals surface area contributed by atoms with E-state index in [-0.39, 0.29) is 26.7 Å². The van der Waals surface area contributed by atoms with Crippen molar-refractivity contribution in [2.24, 2.45) is 0 Å². The molecule has 0 aliphatic rings. The second-order valence-corrected chi connectivity index (χ2v) is 3.74. The van der Waals surface area contributed by atoms with E-state index in [0.29, 0.717) is 6.42 Å². The monoisotopic (exact) mass is 208 g/mol. The Bertz CT molecular complexity index is 115. The van der Waals surface area contributed by atoms with E-state index in [9.17, 15) is 4.79 Å². The van der Waals surface area contributed by atoms with Crippen LogP contribution in [-0.4, -0.2) is 30.5 Å². The molecular formula is C10H24O2S. The lowest BCUT2D eigenvalue weighted by molar-refractivity contribution is -0.119. The summed E-state index contributed by atoms with van der Waals surface area (Å²) >= 11 is 1.81. The fourth-order valence-corrected chi connectivity index (χ4v) is 1.53. The molecular weight excluding hydrogens is 184 g/mol. The maximum absolute atomic E-state index is 10.7. The van der Waals surface area contributed by atoms with Crippen molar-refractivity contribution >= 4 is 17.5 Å². The van der Waals surface area contributed by atoms with Gasteiger partial charge in [0.2, 0.25) is 0 Å². The maximum Gasteiger partial charge on any atom is 0.132 e. The van der Waals surface area contributed by atoms with Crippen LogP contribution in [0.1, 0.15) is 35.1 Å². The molecule has 0 heterocycles. The van der Waals surface area contributed by atoms with Gasteiger partial charge >= 0.3 is 0 Å². The quantitative estimate of drug-likeness (QED) is 0.671. The molecule has 1 unspecified atom stereocenters. The largest absolute Gasteiger partial charge is 0.380 e. The summed E-state index contributed by atoms with van der Waals surface area (Å²) in [5.41, 5.74) is 0. The van der Waals surface area contributed by atoms with Crippen LogP contribution in [0.4, 0.5) is 0 Å². The summed E-state index contributed by atoms with van der Waals surface area (Å²) in [7, 11) is 1.66. The lowest BCUT2D eigenvalue weighted by atomic mass is 10.2. The molecule has 1 atom stereocenters. The van der Waals surface area contributed by atoms with Gasteiger partial charge in [-0.05, 0) is 12.7 Å². The summed E-state index contributed by atoms with van der Waals surface area (Å²) in [6.45, 7) is 3.70.